The van der Waals surface area contributed by atoms with Gasteiger partial charge in [-0.05, 0) is 35.9 Å². The predicted octanol–water partition coefficient (Wildman–Crippen LogP) is 2.06. The summed E-state index contributed by atoms with van der Waals surface area (Å²) in [5, 5.41) is 15.2. The summed E-state index contributed by atoms with van der Waals surface area (Å²) in [6, 6.07) is 9.82. The molecule has 1 N–H and O–H groups in total. The van der Waals surface area contributed by atoms with Crippen LogP contribution in [-0.4, -0.2) is 37.9 Å². The van der Waals surface area contributed by atoms with Gasteiger partial charge in [0.1, 0.15) is 0 Å². The molecule has 1 aromatic heterocycles. The average Bonchev–Trinajstić information content (AvgIpc) is 2.94. The van der Waals surface area contributed by atoms with Crippen molar-refractivity contribution >= 4 is 17.7 Å². The summed E-state index contributed by atoms with van der Waals surface area (Å²) in [6.45, 7) is 4.12. The number of rotatable bonds is 7. The molecule has 7 heteroatoms. The third kappa shape index (κ3) is 4.56. The molecule has 0 spiro atoms. The molecule has 0 aliphatic carbocycles. The number of aromatic nitrogens is 4. The van der Waals surface area contributed by atoms with Crippen molar-refractivity contribution in [3.8, 4) is 5.69 Å². The molecule has 0 saturated heterocycles. The molecule has 6 nitrogen and oxygen atoms in total. The molecule has 0 bridgehead atoms. The van der Waals surface area contributed by atoms with Crippen LogP contribution in [0.25, 0.3) is 5.69 Å². The van der Waals surface area contributed by atoms with Crippen molar-refractivity contribution in [2.75, 3.05) is 5.75 Å². The van der Waals surface area contributed by atoms with Crippen molar-refractivity contribution in [3.63, 3.8) is 0 Å². The van der Waals surface area contributed by atoms with E-state index < -0.39 is 0 Å². The van der Waals surface area contributed by atoms with E-state index >= 15 is 0 Å². The Hall–Kier alpha value is -1.89. The Balaban J connectivity index is 1.93. The molecule has 0 radical (unpaired) electrons. The maximum absolute atomic E-state index is 11.9. The van der Waals surface area contributed by atoms with Crippen LogP contribution in [0.15, 0.2) is 35.5 Å². The fourth-order valence-corrected chi connectivity index (χ4v) is 2.65. The molecule has 21 heavy (non-hydrogen) atoms. The number of benzene rings is 1. The lowest BCUT2D eigenvalue weighted by Crippen LogP contribution is -2.33. The summed E-state index contributed by atoms with van der Waals surface area (Å²) in [4.78, 5) is 11.9. The van der Waals surface area contributed by atoms with Crippen molar-refractivity contribution in [3.05, 3.63) is 30.3 Å². The number of amides is 1. The first kappa shape index (κ1) is 15.5. The van der Waals surface area contributed by atoms with Crippen molar-refractivity contribution in [2.24, 2.45) is 0 Å². The van der Waals surface area contributed by atoms with E-state index in [1.807, 2.05) is 37.3 Å². The van der Waals surface area contributed by atoms with Gasteiger partial charge >= 0.3 is 0 Å². The number of thioether (sulfide) groups is 1. The number of tetrazole rings is 1. The van der Waals surface area contributed by atoms with Crippen LogP contribution in [0.5, 0.6) is 0 Å². The number of hydrogen-bond donors (Lipinski definition) is 1. The SMILES string of the molecule is CCC[C@@H](C)NC(=O)CSc1nnnn1-c1ccccc1. The molecule has 0 aliphatic heterocycles. The van der Waals surface area contributed by atoms with E-state index in [4.69, 9.17) is 0 Å². The zero-order chi connectivity index (χ0) is 15.1. The molecule has 0 aliphatic rings. The maximum atomic E-state index is 11.9. The quantitative estimate of drug-likeness (QED) is 0.793. The van der Waals surface area contributed by atoms with E-state index in [1.54, 1.807) is 4.68 Å². The summed E-state index contributed by atoms with van der Waals surface area (Å²) < 4.78 is 1.63. The molecule has 1 amide bonds. The molecule has 1 atom stereocenters. The number of nitrogens with zero attached hydrogens (tertiary/aromatic N) is 4. The lowest BCUT2D eigenvalue weighted by Gasteiger charge is -2.12. The molecule has 112 valence electrons. The van der Waals surface area contributed by atoms with Gasteiger partial charge in [-0.2, -0.15) is 4.68 Å². The van der Waals surface area contributed by atoms with Gasteiger partial charge in [-0.1, -0.05) is 43.3 Å². The maximum Gasteiger partial charge on any atom is 0.230 e. The van der Waals surface area contributed by atoms with Gasteiger partial charge in [0, 0.05) is 6.04 Å². The lowest BCUT2D eigenvalue weighted by molar-refractivity contribution is -0.119. The minimum atomic E-state index is 0.00330. The van der Waals surface area contributed by atoms with Crippen molar-refractivity contribution in [1.29, 1.82) is 0 Å². The number of nitrogens with one attached hydrogen (secondary N) is 1. The van der Waals surface area contributed by atoms with Gasteiger partial charge in [0.25, 0.3) is 0 Å². The van der Waals surface area contributed by atoms with E-state index in [2.05, 4.69) is 27.8 Å². The van der Waals surface area contributed by atoms with Gasteiger partial charge in [-0.25, -0.2) is 0 Å². The molecule has 1 heterocycles. The molecular weight excluding hydrogens is 286 g/mol. The second kappa shape index (κ2) is 7.78. The second-order valence-electron chi connectivity index (χ2n) is 4.75. The van der Waals surface area contributed by atoms with Crippen LogP contribution in [0, 0.1) is 0 Å². The molecule has 2 rings (SSSR count). The van der Waals surface area contributed by atoms with Crippen LogP contribution < -0.4 is 5.32 Å². The second-order valence-corrected chi connectivity index (χ2v) is 5.70. The number of carbonyl (C=O) groups is 1. The Morgan fingerprint density at radius 1 is 1.38 bits per heavy atom. The first-order chi connectivity index (χ1) is 10.2. The first-order valence-corrected chi connectivity index (χ1v) is 7.95. The summed E-state index contributed by atoms with van der Waals surface area (Å²) in [5.74, 6) is 0.310. The molecule has 1 aromatic carbocycles. The minimum absolute atomic E-state index is 0.00330. The van der Waals surface area contributed by atoms with Gasteiger partial charge in [-0.15, -0.1) is 5.10 Å². The third-order valence-corrected chi connectivity index (χ3v) is 3.82. The van der Waals surface area contributed by atoms with Crippen molar-refractivity contribution < 1.29 is 4.79 Å². The van der Waals surface area contributed by atoms with Gasteiger partial charge in [0.15, 0.2) is 0 Å². The topological polar surface area (TPSA) is 72.7 Å². The Morgan fingerprint density at radius 3 is 2.86 bits per heavy atom. The fraction of sp³-hybridized carbons (Fsp3) is 0.429. The summed E-state index contributed by atoms with van der Waals surface area (Å²) in [5.41, 5.74) is 0.879. The van der Waals surface area contributed by atoms with Crippen LogP contribution in [0.3, 0.4) is 0 Å². The number of para-hydroxylation sites is 1. The van der Waals surface area contributed by atoms with Gasteiger partial charge in [-0.3, -0.25) is 4.79 Å². The molecule has 0 fully saturated rings. The molecule has 2 aromatic rings. The van der Waals surface area contributed by atoms with Gasteiger partial charge in [0.05, 0.1) is 11.4 Å². The number of hydrogen-bond acceptors (Lipinski definition) is 5. The van der Waals surface area contributed by atoms with Gasteiger partial charge in [0.2, 0.25) is 11.1 Å². The van der Waals surface area contributed by atoms with E-state index in [0.29, 0.717) is 10.9 Å². The highest BCUT2D eigenvalue weighted by Gasteiger charge is 2.12. The largest absolute Gasteiger partial charge is 0.353 e. The van der Waals surface area contributed by atoms with Gasteiger partial charge < -0.3 is 5.32 Å². The van der Waals surface area contributed by atoms with Crippen molar-refractivity contribution in [1.82, 2.24) is 25.5 Å². The molecule has 0 unspecified atom stereocenters. The van der Waals surface area contributed by atoms with Crippen LogP contribution in [0.1, 0.15) is 26.7 Å². The zero-order valence-electron chi connectivity index (χ0n) is 12.2. The monoisotopic (exact) mass is 305 g/mol. The van der Waals surface area contributed by atoms with E-state index in [9.17, 15) is 4.79 Å². The summed E-state index contributed by atoms with van der Waals surface area (Å²) in [6.07, 6.45) is 2.04. The summed E-state index contributed by atoms with van der Waals surface area (Å²) in [7, 11) is 0. The number of carbonyl (C=O) groups excluding carboxylic acids is 1. The molecule has 0 saturated carbocycles. The highest BCUT2D eigenvalue weighted by molar-refractivity contribution is 7.99. The standard InChI is InChI=1S/C14H19N5OS/c1-3-7-11(2)15-13(20)10-21-14-16-17-18-19(14)12-8-5-4-6-9-12/h4-6,8-9,11H,3,7,10H2,1-2H3,(H,15,20)/t11-/m1/s1. The third-order valence-electron chi connectivity index (χ3n) is 2.90. The Morgan fingerprint density at radius 2 is 2.14 bits per heavy atom. The lowest BCUT2D eigenvalue weighted by atomic mass is 10.2. The normalized spacial score (nSPS) is 12.1. The summed E-state index contributed by atoms with van der Waals surface area (Å²) >= 11 is 1.33. The van der Waals surface area contributed by atoms with Crippen LogP contribution in [-0.2, 0) is 4.79 Å². The van der Waals surface area contributed by atoms with E-state index in [1.165, 1.54) is 11.8 Å². The average molecular weight is 305 g/mol. The highest BCUT2D eigenvalue weighted by atomic mass is 32.2. The Kier molecular flexibility index (Phi) is 5.74. The van der Waals surface area contributed by atoms with Crippen LogP contribution >= 0.6 is 11.8 Å². The van der Waals surface area contributed by atoms with E-state index in [-0.39, 0.29) is 11.9 Å². The Bertz CT molecular complexity index is 572. The van der Waals surface area contributed by atoms with E-state index in [0.717, 1.165) is 18.5 Å². The first-order valence-electron chi connectivity index (χ1n) is 6.96. The Labute approximate surface area is 128 Å². The van der Waals surface area contributed by atoms with Crippen LogP contribution in [0.2, 0.25) is 0 Å². The fourth-order valence-electron chi connectivity index (χ4n) is 1.95. The molecular formula is C14H19N5OS. The predicted molar refractivity (Wildman–Crippen MR) is 82.4 cm³/mol. The van der Waals surface area contributed by atoms with Crippen LogP contribution in [0.4, 0.5) is 0 Å². The smallest absolute Gasteiger partial charge is 0.230 e. The minimum Gasteiger partial charge on any atom is -0.353 e. The highest BCUT2D eigenvalue weighted by Crippen LogP contribution is 2.17. The van der Waals surface area contributed by atoms with Crippen molar-refractivity contribution in [2.45, 2.75) is 37.9 Å². The zero-order valence-corrected chi connectivity index (χ0v) is 13.0.